The quantitative estimate of drug-likeness (QED) is 0.761. The molecule has 2 heterocycles. The van der Waals surface area contributed by atoms with E-state index in [1.54, 1.807) is 24.3 Å². The van der Waals surface area contributed by atoms with Gasteiger partial charge in [0.05, 0.1) is 5.56 Å². The van der Waals surface area contributed by atoms with Gasteiger partial charge in [-0.3, -0.25) is 4.40 Å². The van der Waals surface area contributed by atoms with Crippen molar-refractivity contribution in [1.82, 2.24) is 14.6 Å². The largest absolute Gasteiger partial charge is 0.478 e. The topological polar surface area (TPSA) is 67.5 Å². The van der Waals surface area contributed by atoms with E-state index in [1.165, 1.54) is 0 Å². The summed E-state index contributed by atoms with van der Waals surface area (Å²) in [4.78, 5) is 10.8. The standard InChI is InChI=1S/C14H11N3O2/c1-9-6-7-17-12(8-9)15-16-13(17)10-2-4-11(5-3-10)14(18)19/h2-8H,1H3,(H,18,19). The third kappa shape index (κ3) is 1.95. The Balaban J connectivity index is 2.11. The molecule has 1 aromatic carbocycles. The van der Waals surface area contributed by atoms with Crippen molar-refractivity contribution >= 4 is 11.6 Å². The molecule has 0 spiro atoms. The van der Waals surface area contributed by atoms with E-state index in [4.69, 9.17) is 5.11 Å². The monoisotopic (exact) mass is 253 g/mol. The minimum Gasteiger partial charge on any atom is -0.478 e. The first-order valence-electron chi connectivity index (χ1n) is 5.80. The molecule has 1 N–H and O–H groups in total. The average Bonchev–Trinajstić information content (AvgIpc) is 2.81. The van der Waals surface area contributed by atoms with Crippen LogP contribution in [0.25, 0.3) is 17.0 Å². The number of aromatic nitrogens is 3. The van der Waals surface area contributed by atoms with Crippen molar-refractivity contribution in [2.45, 2.75) is 6.92 Å². The van der Waals surface area contributed by atoms with Crippen LogP contribution in [0, 0.1) is 6.92 Å². The molecule has 0 aliphatic rings. The lowest BCUT2D eigenvalue weighted by Crippen LogP contribution is -1.96. The van der Waals surface area contributed by atoms with Gasteiger partial charge in [0, 0.05) is 11.8 Å². The first-order valence-corrected chi connectivity index (χ1v) is 5.80. The normalized spacial score (nSPS) is 10.8. The number of aromatic carboxylic acids is 1. The fourth-order valence-corrected chi connectivity index (χ4v) is 1.95. The molecule has 3 aromatic rings. The van der Waals surface area contributed by atoms with E-state index in [9.17, 15) is 4.79 Å². The molecule has 2 aromatic heterocycles. The van der Waals surface area contributed by atoms with Crippen LogP contribution in [0.2, 0.25) is 0 Å². The molecular formula is C14H11N3O2. The summed E-state index contributed by atoms with van der Waals surface area (Å²) in [6, 6.07) is 10.5. The van der Waals surface area contributed by atoms with E-state index in [2.05, 4.69) is 10.2 Å². The lowest BCUT2D eigenvalue weighted by atomic mass is 10.1. The van der Waals surface area contributed by atoms with Crippen LogP contribution in [0.1, 0.15) is 15.9 Å². The van der Waals surface area contributed by atoms with E-state index < -0.39 is 5.97 Å². The van der Waals surface area contributed by atoms with Gasteiger partial charge in [-0.1, -0.05) is 12.1 Å². The number of aryl methyl sites for hydroxylation is 1. The van der Waals surface area contributed by atoms with E-state index in [-0.39, 0.29) is 5.56 Å². The second-order valence-electron chi connectivity index (χ2n) is 4.34. The molecular weight excluding hydrogens is 242 g/mol. The minimum absolute atomic E-state index is 0.258. The van der Waals surface area contributed by atoms with Gasteiger partial charge in [0.1, 0.15) is 0 Å². The number of nitrogens with zero attached hydrogens (tertiary/aromatic N) is 3. The Morgan fingerprint density at radius 1 is 1.16 bits per heavy atom. The van der Waals surface area contributed by atoms with Gasteiger partial charge in [0.2, 0.25) is 0 Å². The predicted molar refractivity (Wildman–Crippen MR) is 70.1 cm³/mol. The molecule has 0 fully saturated rings. The van der Waals surface area contributed by atoms with Gasteiger partial charge in [-0.05, 0) is 36.8 Å². The maximum Gasteiger partial charge on any atom is 0.335 e. The third-order valence-electron chi connectivity index (χ3n) is 2.96. The van der Waals surface area contributed by atoms with Crippen molar-refractivity contribution in [1.29, 1.82) is 0 Å². The van der Waals surface area contributed by atoms with Gasteiger partial charge in [0.15, 0.2) is 11.5 Å². The van der Waals surface area contributed by atoms with Crippen molar-refractivity contribution in [2.24, 2.45) is 0 Å². The molecule has 0 radical (unpaired) electrons. The van der Waals surface area contributed by atoms with E-state index in [0.717, 1.165) is 16.8 Å². The van der Waals surface area contributed by atoms with Gasteiger partial charge in [-0.2, -0.15) is 0 Å². The zero-order valence-electron chi connectivity index (χ0n) is 10.2. The molecule has 0 aliphatic carbocycles. The van der Waals surface area contributed by atoms with Crippen molar-refractivity contribution < 1.29 is 9.90 Å². The van der Waals surface area contributed by atoms with Gasteiger partial charge >= 0.3 is 5.97 Å². The molecule has 0 amide bonds. The Morgan fingerprint density at radius 3 is 2.58 bits per heavy atom. The van der Waals surface area contributed by atoms with Crippen LogP contribution in [-0.4, -0.2) is 25.7 Å². The molecule has 5 heteroatoms. The maximum atomic E-state index is 10.8. The van der Waals surface area contributed by atoms with Gasteiger partial charge in [-0.15, -0.1) is 10.2 Å². The lowest BCUT2D eigenvalue weighted by molar-refractivity contribution is 0.0697. The summed E-state index contributed by atoms with van der Waals surface area (Å²) in [5, 5.41) is 17.1. The van der Waals surface area contributed by atoms with E-state index >= 15 is 0 Å². The van der Waals surface area contributed by atoms with E-state index in [1.807, 2.05) is 29.7 Å². The van der Waals surface area contributed by atoms with Crippen LogP contribution in [0.5, 0.6) is 0 Å². The van der Waals surface area contributed by atoms with Crippen molar-refractivity contribution in [2.75, 3.05) is 0 Å². The number of hydrogen-bond acceptors (Lipinski definition) is 3. The Labute approximate surface area is 109 Å². The van der Waals surface area contributed by atoms with Crippen LogP contribution in [0.4, 0.5) is 0 Å². The summed E-state index contributed by atoms with van der Waals surface area (Å²) in [6.45, 7) is 2.00. The summed E-state index contributed by atoms with van der Waals surface area (Å²) in [5.74, 6) is -0.236. The zero-order chi connectivity index (χ0) is 13.4. The summed E-state index contributed by atoms with van der Waals surface area (Å²) < 4.78 is 1.88. The van der Waals surface area contributed by atoms with Gasteiger partial charge < -0.3 is 5.11 Å². The first-order chi connectivity index (χ1) is 9.15. The molecule has 0 bridgehead atoms. The average molecular weight is 253 g/mol. The van der Waals surface area contributed by atoms with Crippen molar-refractivity contribution in [3.05, 3.63) is 53.7 Å². The molecule has 19 heavy (non-hydrogen) atoms. The van der Waals surface area contributed by atoms with Gasteiger partial charge in [-0.25, -0.2) is 4.79 Å². The number of carbonyl (C=O) groups is 1. The number of benzene rings is 1. The number of rotatable bonds is 2. The summed E-state index contributed by atoms with van der Waals surface area (Å²) in [5.41, 5.74) is 2.99. The maximum absolute atomic E-state index is 10.8. The predicted octanol–water partition coefficient (Wildman–Crippen LogP) is 2.40. The zero-order valence-corrected chi connectivity index (χ0v) is 10.2. The third-order valence-corrected chi connectivity index (χ3v) is 2.96. The second-order valence-corrected chi connectivity index (χ2v) is 4.34. The van der Waals surface area contributed by atoms with Crippen LogP contribution in [0.3, 0.4) is 0 Å². The van der Waals surface area contributed by atoms with Crippen LogP contribution in [0.15, 0.2) is 42.6 Å². The number of fused-ring (bicyclic) bond motifs is 1. The highest BCUT2D eigenvalue weighted by Crippen LogP contribution is 2.19. The number of pyridine rings is 1. The van der Waals surface area contributed by atoms with Crippen LogP contribution >= 0.6 is 0 Å². The van der Waals surface area contributed by atoms with E-state index in [0.29, 0.717) is 5.82 Å². The molecule has 0 unspecified atom stereocenters. The molecule has 3 rings (SSSR count). The Bertz CT molecular complexity index is 760. The second kappa shape index (κ2) is 4.20. The molecule has 0 saturated heterocycles. The molecule has 0 aliphatic heterocycles. The number of hydrogen-bond donors (Lipinski definition) is 1. The Hall–Kier alpha value is -2.69. The Kier molecular flexibility index (Phi) is 2.52. The molecule has 0 atom stereocenters. The molecule has 0 saturated carbocycles. The van der Waals surface area contributed by atoms with Crippen molar-refractivity contribution in [3.63, 3.8) is 0 Å². The first kappa shape index (κ1) is 11.4. The lowest BCUT2D eigenvalue weighted by Gasteiger charge is -2.01. The Morgan fingerprint density at radius 2 is 1.89 bits per heavy atom. The smallest absolute Gasteiger partial charge is 0.335 e. The highest BCUT2D eigenvalue weighted by Gasteiger charge is 2.09. The fourth-order valence-electron chi connectivity index (χ4n) is 1.95. The fraction of sp³-hybridized carbons (Fsp3) is 0.0714. The minimum atomic E-state index is -0.937. The number of carboxylic acids is 1. The summed E-state index contributed by atoms with van der Waals surface area (Å²) in [6.07, 6.45) is 1.91. The highest BCUT2D eigenvalue weighted by atomic mass is 16.4. The summed E-state index contributed by atoms with van der Waals surface area (Å²) >= 11 is 0. The van der Waals surface area contributed by atoms with Crippen LogP contribution in [-0.2, 0) is 0 Å². The number of carboxylic acid groups (broad SMARTS) is 1. The van der Waals surface area contributed by atoms with Crippen molar-refractivity contribution in [3.8, 4) is 11.4 Å². The SMILES string of the molecule is Cc1ccn2c(-c3ccc(C(=O)O)cc3)nnc2c1. The molecule has 94 valence electrons. The molecule has 5 nitrogen and oxygen atoms in total. The summed E-state index contributed by atoms with van der Waals surface area (Å²) in [7, 11) is 0. The highest BCUT2D eigenvalue weighted by molar-refractivity contribution is 5.88. The van der Waals surface area contributed by atoms with Crippen LogP contribution < -0.4 is 0 Å². The van der Waals surface area contributed by atoms with Gasteiger partial charge in [0.25, 0.3) is 0 Å².